The van der Waals surface area contributed by atoms with E-state index in [1.165, 1.54) is 0 Å². The van der Waals surface area contributed by atoms with Crippen molar-refractivity contribution in [2.45, 2.75) is 25.5 Å². The molecule has 2 heterocycles. The lowest BCUT2D eigenvalue weighted by molar-refractivity contribution is 0.173. The van der Waals surface area contributed by atoms with Gasteiger partial charge in [-0.1, -0.05) is 25.1 Å². The van der Waals surface area contributed by atoms with Gasteiger partial charge in [-0.15, -0.1) is 0 Å². The number of nitrogens with one attached hydrogen (secondary N) is 1. The van der Waals surface area contributed by atoms with E-state index in [-0.39, 0.29) is 12.1 Å². The second kappa shape index (κ2) is 5.32. The predicted octanol–water partition coefficient (Wildman–Crippen LogP) is 1.34. The second-order valence-corrected chi connectivity index (χ2v) is 5.46. The van der Waals surface area contributed by atoms with Crippen LogP contribution in [0.25, 0.3) is 0 Å². The zero-order valence-corrected chi connectivity index (χ0v) is 11.7. The number of anilines is 1. The van der Waals surface area contributed by atoms with E-state index in [9.17, 15) is 9.90 Å². The van der Waals surface area contributed by atoms with Crippen LogP contribution in [0.2, 0.25) is 0 Å². The number of piperazine rings is 1. The summed E-state index contributed by atoms with van der Waals surface area (Å²) in [6.45, 7) is 5.09. The van der Waals surface area contributed by atoms with Crippen LogP contribution in [0.5, 0.6) is 0 Å². The Bertz CT molecular complexity index is 506. The summed E-state index contributed by atoms with van der Waals surface area (Å²) >= 11 is 0. The number of carbonyl (C=O) groups is 1. The van der Waals surface area contributed by atoms with Crippen molar-refractivity contribution < 1.29 is 9.90 Å². The molecule has 2 atom stereocenters. The molecule has 1 aromatic carbocycles. The van der Waals surface area contributed by atoms with Gasteiger partial charge >= 0.3 is 6.03 Å². The average Bonchev–Trinajstić information content (AvgIpc) is 2.87. The summed E-state index contributed by atoms with van der Waals surface area (Å²) in [6.07, 6.45) is 0.285. The van der Waals surface area contributed by atoms with Crippen molar-refractivity contribution in [3.8, 4) is 0 Å². The molecule has 0 spiro atoms. The molecule has 0 aliphatic carbocycles. The lowest BCUT2D eigenvalue weighted by Gasteiger charge is -2.39. The zero-order chi connectivity index (χ0) is 14.1. The van der Waals surface area contributed by atoms with Gasteiger partial charge in [0.15, 0.2) is 0 Å². The molecule has 0 aromatic heterocycles. The first-order valence-corrected chi connectivity index (χ1v) is 7.27. The Morgan fingerprint density at radius 3 is 3.00 bits per heavy atom. The van der Waals surface area contributed by atoms with Crippen LogP contribution >= 0.6 is 0 Å². The highest BCUT2D eigenvalue weighted by Crippen LogP contribution is 2.30. The smallest absolute Gasteiger partial charge is 0.317 e. The maximum absolute atomic E-state index is 11.6. The molecule has 2 N–H and O–H groups in total. The third-order valence-electron chi connectivity index (χ3n) is 4.26. The van der Waals surface area contributed by atoms with E-state index >= 15 is 0 Å². The van der Waals surface area contributed by atoms with Gasteiger partial charge in [-0.05, 0) is 12.5 Å². The summed E-state index contributed by atoms with van der Waals surface area (Å²) in [7, 11) is 0. The number of para-hydroxylation sites is 1. The zero-order valence-electron chi connectivity index (χ0n) is 11.7. The molecule has 2 aliphatic rings. The summed E-state index contributed by atoms with van der Waals surface area (Å²) in [5.74, 6) is 0. The number of benzene rings is 1. The molecule has 1 aromatic rings. The number of nitrogens with zero attached hydrogens (tertiary/aromatic N) is 2. The third-order valence-corrected chi connectivity index (χ3v) is 4.26. The molecule has 3 rings (SSSR count). The Morgan fingerprint density at radius 1 is 1.40 bits per heavy atom. The molecule has 2 saturated heterocycles. The van der Waals surface area contributed by atoms with Gasteiger partial charge in [-0.25, -0.2) is 4.79 Å². The number of carbonyl (C=O) groups excluding carboxylic acids is 1. The molecule has 20 heavy (non-hydrogen) atoms. The first kappa shape index (κ1) is 13.2. The molecule has 108 valence electrons. The van der Waals surface area contributed by atoms with Crippen LogP contribution < -0.4 is 10.2 Å². The molecule has 2 fully saturated rings. The van der Waals surface area contributed by atoms with Crippen LogP contribution in [0.1, 0.15) is 25.0 Å². The minimum Gasteiger partial charge on any atom is -0.388 e. The summed E-state index contributed by atoms with van der Waals surface area (Å²) in [5, 5.41) is 13.1. The summed E-state index contributed by atoms with van der Waals surface area (Å²) in [6, 6.07) is 8.32. The Hall–Kier alpha value is -1.75. The summed E-state index contributed by atoms with van der Waals surface area (Å²) < 4.78 is 0. The van der Waals surface area contributed by atoms with Gasteiger partial charge in [0.1, 0.15) is 0 Å². The highest BCUT2D eigenvalue weighted by Gasteiger charge is 2.36. The van der Waals surface area contributed by atoms with Crippen molar-refractivity contribution in [1.29, 1.82) is 0 Å². The van der Waals surface area contributed by atoms with E-state index in [0.29, 0.717) is 13.0 Å². The van der Waals surface area contributed by atoms with Gasteiger partial charge in [-0.2, -0.15) is 0 Å². The van der Waals surface area contributed by atoms with Crippen LogP contribution in [-0.2, 0) is 0 Å². The van der Waals surface area contributed by atoms with Crippen molar-refractivity contribution in [3.63, 3.8) is 0 Å². The average molecular weight is 275 g/mol. The molecule has 0 radical (unpaired) electrons. The Labute approximate surface area is 119 Å². The number of urea groups is 1. The predicted molar refractivity (Wildman–Crippen MR) is 77.8 cm³/mol. The van der Waals surface area contributed by atoms with Gasteiger partial charge < -0.3 is 20.2 Å². The fraction of sp³-hybridized carbons (Fsp3) is 0.533. The van der Waals surface area contributed by atoms with Gasteiger partial charge in [0.2, 0.25) is 0 Å². The topological polar surface area (TPSA) is 55.8 Å². The molecule has 0 saturated carbocycles. The van der Waals surface area contributed by atoms with Crippen molar-refractivity contribution in [1.82, 2.24) is 10.2 Å². The lowest BCUT2D eigenvalue weighted by atomic mass is 10.0. The van der Waals surface area contributed by atoms with E-state index in [4.69, 9.17) is 0 Å². The van der Waals surface area contributed by atoms with Crippen LogP contribution in [0.3, 0.4) is 0 Å². The molecule has 1 unspecified atom stereocenters. The van der Waals surface area contributed by atoms with E-state index in [1.54, 1.807) is 0 Å². The number of hydrogen-bond donors (Lipinski definition) is 2. The minimum atomic E-state index is -0.424. The van der Waals surface area contributed by atoms with Crippen molar-refractivity contribution >= 4 is 11.7 Å². The highest BCUT2D eigenvalue weighted by atomic mass is 16.3. The summed E-state index contributed by atoms with van der Waals surface area (Å²) in [4.78, 5) is 15.8. The van der Waals surface area contributed by atoms with Gasteiger partial charge in [0.25, 0.3) is 0 Å². The Kier molecular flexibility index (Phi) is 3.53. The molecular weight excluding hydrogens is 254 g/mol. The lowest BCUT2D eigenvalue weighted by Crippen LogP contribution is -2.52. The number of aliphatic hydroxyl groups excluding tert-OH is 1. The maximum atomic E-state index is 11.6. The van der Waals surface area contributed by atoms with E-state index in [2.05, 4.69) is 16.3 Å². The monoisotopic (exact) mass is 275 g/mol. The molecule has 2 amide bonds. The van der Waals surface area contributed by atoms with Crippen molar-refractivity contribution in [2.75, 3.05) is 31.1 Å². The molecular formula is C15H21N3O2. The Balaban J connectivity index is 1.82. The number of amides is 2. The van der Waals surface area contributed by atoms with Crippen LogP contribution in [0.4, 0.5) is 10.5 Å². The molecule has 0 bridgehead atoms. The second-order valence-electron chi connectivity index (χ2n) is 5.46. The first-order valence-electron chi connectivity index (χ1n) is 7.27. The third kappa shape index (κ3) is 2.22. The van der Waals surface area contributed by atoms with Crippen LogP contribution in [0, 0.1) is 0 Å². The Morgan fingerprint density at radius 2 is 2.20 bits per heavy atom. The highest BCUT2D eigenvalue weighted by molar-refractivity contribution is 5.77. The van der Waals surface area contributed by atoms with Crippen molar-refractivity contribution in [2.24, 2.45) is 0 Å². The standard InChI is InChI=1S/C15H21N3O2/c1-2-14(19)12-5-3-4-6-13(12)17-7-8-18-11(10-17)9-16-15(18)20/h3-6,11,14,19H,2,7-10H2,1H3,(H,16,20)/t11?,14-/m0/s1. The number of hydrogen-bond acceptors (Lipinski definition) is 3. The van der Waals surface area contributed by atoms with Crippen molar-refractivity contribution in [3.05, 3.63) is 29.8 Å². The number of fused-ring (bicyclic) bond motifs is 1. The largest absolute Gasteiger partial charge is 0.388 e. The normalized spacial score (nSPS) is 23.5. The number of rotatable bonds is 3. The quantitative estimate of drug-likeness (QED) is 0.875. The molecule has 5 heteroatoms. The molecule has 2 aliphatic heterocycles. The SMILES string of the molecule is CC[C@H](O)c1ccccc1N1CCN2C(=O)NCC2C1. The minimum absolute atomic E-state index is 0.0523. The van der Waals surface area contributed by atoms with E-state index in [1.807, 2.05) is 30.0 Å². The maximum Gasteiger partial charge on any atom is 0.317 e. The van der Waals surface area contributed by atoms with Gasteiger partial charge in [-0.3, -0.25) is 0 Å². The van der Waals surface area contributed by atoms with E-state index < -0.39 is 6.10 Å². The molecule has 5 nitrogen and oxygen atoms in total. The van der Waals surface area contributed by atoms with E-state index in [0.717, 1.165) is 30.9 Å². The fourth-order valence-corrected chi connectivity index (χ4v) is 3.10. The van der Waals surface area contributed by atoms with Crippen LogP contribution in [0.15, 0.2) is 24.3 Å². The summed E-state index contributed by atoms with van der Waals surface area (Å²) in [5.41, 5.74) is 2.08. The van der Waals surface area contributed by atoms with Crippen LogP contribution in [-0.4, -0.2) is 48.3 Å². The fourth-order valence-electron chi connectivity index (χ4n) is 3.10. The van der Waals surface area contributed by atoms with Gasteiger partial charge in [0.05, 0.1) is 12.1 Å². The first-order chi connectivity index (χ1) is 9.70. The number of aliphatic hydroxyl groups is 1. The van der Waals surface area contributed by atoms with Gasteiger partial charge in [0, 0.05) is 37.4 Å².